The Morgan fingerprint density at radius 2 is 1.94 bits per heavy atom. The number of allylic oxidation sites excluding steroid dienone is 1. The molecular formula is C26H30ClFN6O. The van der Waals surface area contributed by atoms with E-state index in [1.807, 2.05) is 13.8 Å². The maximum absolute atomic E-state index is 16.0. The Labute approximate surface area is 209 Å². The van der Waals surface area contributed by atoms with Crippen LogP contribution in [0.25, 0.3) is 5.57 Å². The molecule has 184 valence electrons. The number of halogens is 2. The van der Waals surface area contributed by atoms with Crippen molar-refractivity contribution >= 4 is 34.7 Å². The number of carbonyl (C=O) groups excluding carboxylic acids is 1. The molecule has 2 aliphatic heterocycles. The molecule has 0 atom stereocenters. The number of aryl methyl sites for hydroxylation is 1. The fourth-order valence-corrected chi connectivity index (χ4v) is 5.53. The standard InChI is InChI=1S/C26H30ClFN6O/c1-13(2)34-10-8-19-18(12-34)23(33-26(27)31-19)32-24-22(28)21-15(4)17(6-5-16(21)11-30-24)20-14(3)7-9-29-25(20)35/h11,13H,5-10,12H2,1-4H3,(H,29,35)(H,30,31,32,33). The molecule has 35 heavy (non-hydrogen) atoms. The van der Waals surface area contributed by atoms with Gasteiger partial charge >= 0.3 is 0 Å². The molecule has 4 heterocycles. The second-order valence-corrected chi connectivity index (χ2v) is 10.1. The molecule has 0 fully saturated rings. The van der Waals surface area contributed by atoms with Gasteiger partial charge in [0.1, 0.15) is 5.82 Å². The maximum atomic E-state index is 16.0. The van der Waals surface area contributed by atoms with Gasteiger partial charge in [0, 0.05) is 55.0 Å². The van der Waals surface area contributed by atoms with Crippen molar-refractivity contribution in [3.05, 3.63) is 56.4 Å². The van der Waals surface area contributed by atoms with E-state index in [4.69, 9.17) is 11.6 Å². The molecule has 2 aromatic heterocycles. The Kier molecular flexibility index (Phi) is 6.36. The number of hydrogen-bond acceptors (Lipinski definition) is 6. The van der Waals surface area contributed by atoms with Crippen LogP contribution in [-0.4, -0.2) is 44.9 Å². The van der Waals surface area contributed by atoms with Gasteiger partial charge in [-0.3, -0.25) is 9.69 Å². The molecule has 1 amide bonds. The number of hydrogen-bond donors (Lipinski definition) is 2. The first-order valence-electron chi connectivity index (χ1n) is 12.2. The van der Waals surface area contributed by atoms with Crippen molar-refractivity contribution in [2.45, 2.75) is 66.0 Å². The third-order valence-electron chi connectivity index (χ3n) is 7.34. The molecule has 3 aliphatic rings. The largest absolute Gasteiger partial charge is 0.352 e. The summed E-state index contributed by atoms with van der Waals surface area (Å²) in [5.41, 5.74) is 6.62. The van der Waals surface area contributed by atoms with Crippen LogP contribution in [-0.2, 0) is 24.2 Å². The van der Waals surface area contributed by atoms with E-state index in [0.29, 0.717) is 48.9 Å². The number of fused-ring (bicyclic) bond motifs is 2. The normalized spacial score (nSPS) is 18.5. The fourth-order valence-electron chi connectivity index (χ4n) is 5.34. The smallest absolute Gasteiger partial charge is 0.251 e. The van der Waals surface area contributed by atoms with Crippen molar-refractivity contribution in [1.82, 2.24) is 25.2 Å². The molecule has 9 heteroatoms. The van der Waals surface area contributed by atoms with Crippen LogP contribution in [0.5, 0.6) is 0 Å². The SMILES string of the molecule is CC1=C(C2=C(C)c3c(cnc(Nc4nc(Cl)nc5c4CN(C(C)C)CC5)c3F)CC2)C(=O)NCC1. The van der Waals surface area contributed by atoms with Crippen LogP contribution in [0.15, 0.2) is 22.9 Å². The zero-order valence-electron chi connectivity index (χ0n) is 20.6. The van der Waals surface area contributed by atoms with Crippen LogP contribution in [0.3, 0.4) is 0 Å². The summed E-state index contributed by atoms with van der Waals surface area (Å²) in [4.78, 5) is 28.2. The van der Waals surface area contributed by atoms with Crippen LogP contribution in [0, 0.1) is 5.82 Å². The van der Waals surface area contributed by atoms with Gasteiger partial charge in [0.2, 0.25) is 5.28 Å². The second-order valence-electron chi connectivity index (χ2n) is 9.79. The van der Waals surface area contributed by atoms with Gasteiger partial charge in [-0.05, 0) is 75.3 Å². The number of carbonyl (C=O) groups is 1. The van der Waals surface area contributed by atoms with E-state index in [1.54, 1.807) is 6.20 Å². The lowest BCUT2D eigenvalue weighted by Crippen LogP contribution is -2.36. The summed E-state index contributed by atoms with van der Waals surface area (Å²) in [6, 6.07) is 0.367. The van der Waals surface area contributed by atoms with Crippen LogP contribution in [0.2, 0.25) is 5.28 Å². The summed E-state index contributed by atoms with van der Waals surface area (Å²) < 4.78 is 16.0. The number of aromatic nitrogens is 3. The minimum Gasteiger partial charge on any atom is -0.352 e. The van der Waals surface area contributed by atoms with Crippen molar-refractivity contribution in [2.75, 3.05) is 18.4 Å². The number of amides is 1. The highest BCUT2D eigenvalue weighted by atomic mass is 35.5. The summed E-state index contributed by atoms with van der Waals surface area (Å²) >= 11 is 6.22. The Balaban J connectivity index is 1.55. The molecule has 5 rings (SSSR count). The lowest BCUT2D eigenvalue weighted by molar-refractivity contribution is -0.117. The molecule has 0 spiro atoms. The highest BCUT2D eigenvalue weighted by Gasteiger charge is 2.30. The van der Waals surface area contributed by atoms with Crippen LogP contribution in [0.4, 0.5) is 16.0 Å². The zero-order chi connectivity index (χ0) is 24.9. The van der Waals surface area contributed by atoms with Gasteiger partial charge < -0.3 is 10.6 Å². The number of rotatable bonds is 4. The third kappa shape index (κ3) is 4.34. The highest BCUT2D eigenvalue weighted by Crippen LogP contribution is 2.40. The van der Waals surface area contributed by atoms with Crippen molar-refractivity contribution < 1.29 is 9.18 Å². The van der Waals surface area contributed by atoms with E-state index in [-0.39, 0.29) is 17.0 Å². The Bertz CT molecular complexity index is 1290. The molecule has 0 saturated heterocycles. The summed E-state index contributed by atoms with van der Waals surface area (Å²) in [6.07, 6.45) is 4.61. The minimum atomic E-state index is -0.438. The van der Waals surface area contributed by atoms with E-state index in [2.05, 4.69) is 44.3 Å². The van der Waals surface area contributed by atoms with Gasteiger partial charge in [-0.1, -0.05) is 5.57 Å². The van der Waals surface area contributed by atoms with Crippen LogP contribution >= 0.6 is 11.6 Å². The lowest BCUT2D eigenvalue weighted by Gasteiger charge is -2.32. The Morgan fingerprint density at radius 3 is 2.69 bits per heavy atom. The minimum absolute atomic E-state index is 0.0728. The first-order chi connectivity index (χ1) is 16.7. The van der Waals surface area contributed by atoms with E-state index >= 15 is 4.39 Å². The van der Waals surface area contributed by atoms with Gasteiger partial charge in [0.25, 0.3) is 5.91 Å². The van der Waals surface area contributed by atoms with Gasteiger partial charge in [-0.25, -0.2) is 19.3 Å². The average molecular weight is 497 g/mol. The molecule has 1 aliphatic carbocycles. The molecule has 0 saturated carbocycles. The molecule has 2 N–H and O–H groups in total. The van der Waals surface area contributed by atoms with Gasteiger partial charge in [0.15, 0.2) is 11.6 Å². The highest BCUT2D eigenvalue weighted by molar-refractivity contribution is 6.28. The quantitative estimate of drug-likeness (QED) is 0.595. The van der Waals surface area contributed by atoms with Crippen molar-refractivity contribution in [2.24, 2.45) is 0 Å². The van der Waals surface area contributed by atoms with Gasteiger partial charge in [-0.2, -0.15) is 0 Å². The Morgan fingerprint density at radius 1 is 1.14 bits per heavy atom. The van der Waals surface area contributed by atoms with E-state index < -0.39 is 5.82 Å². The molecule has 0 aromatic carbocycles. The zero-order valence-corrected chi connectivity index (χ0v) is 21.3. The topological polar surface area (TPSA) is 83.0 Å². The second kappa shape index (κ2) is 9.32. The number of pyridine rings is 1. The van der Waals surface area contributed by atoms with E-state index in [0.717, 1.165) is 52.9 Å². The summed E-state index contributed by atoms with van der Waals surface area (Å²) in [5.74, 6) is 0.0735. The molecule has 2 aromatic rings. The number of nitrogens with one attached hydrogen (secondary N) is 2. The molecule has 0 radical (unpaired) electrons. The van der Waals surface area contributed by atoms with Crippen molar-refractivity contribution in [1.29, 1.82) is 0 Å². The van der Waals surface area contributed by atoms with Crippen LogP contribution < -0.4 is 10.6 Å². The first kappa shape index (κ1) is 23.9. The fraction of sp³-hybridized carbons (Fsp3) is 0.462. The van der Waals surface area contributed by atoms with Gasteiger partial charge in [-0.15, -0.1) is 0 Å². The molecule has 0 bridgehead atoms. The number of nitrogens with zero attached hydrogens (tertiary/aromatic N) is 4. The van der Waals surface area contributed by atoms with Crippen LogP contribution in [0.1, 0.15) is 62.9 Å². The van der Waals surface area contributed by atoms with Gasteiger partial charge in [0.05, 0.1) is 5.69 Å². The summed E-state index contributed by atoms with van der Waals surface area (Å²) in [7, 11) is 0. The Hall–Kier alpha value is -2.84. The monoisotopic (exact) mass is 496 g/mol. The predicted molar refractivity (Wildman–Crippen MR) is 135 cm³/mol. The number of anilines is 2. The van der Waals surface area contributed by atoms with Crippen molar-refractivity contribution in [3.8, 4) is 0 Å². The lowest BCUT2D eigenvalue weighted by atomic mass is 9.81. The maximum Gasteiger partial charge on any atom is 0.251 e. The molecule has 0 unspecified atom stereocenters. The molecule has 7 nitrogen and oxygen atoms in total. The summed E-state index contributed by atoms with van der Waals surface area (Å²) in [6.45, 7) is 10.4. The third-order valence-corrected chi connectivity index (χ3v) is 7.51. The first-order valence-corrected chi connectivity index (χ1v) is 12.5. The summed E-state index contributed by atoms with van der Waals surface area (Å²) in [5, 5.41) is 6.18. The molecular weight excluding hydrogens is 467 g/mol. The predicted octanol–water partition coefficient (Wildman–Crippen LogP) is 4.73. The average Bonchev–Trinajstić information content (AvgIpc) is 2.81. The van der Waals surface area contributed by atoms with E-state index in [9.17, 15) is 4.79 Å². The van der Waals surface area contributed by atoms with E-state index in [1.165, 1.54) is 0 Å². The van der Waals surface area contributed by atoms with Crippen molar-refractivity contribution in [3.63, 3.8) is 0 Å².